The van der Waals surface area contributed by atoms with Gasteiger partial charge in [0.05, 0.1) is 0 Å². The molecular weight excluding hydrogens is 196 g/mol. The van der Waals surface area contributed by atoms with E-state index >= 15 is 0 Å². The minimum atomic E-state index is -0.377. The number of hydrogen-bond donors (Lipinski definition) is 1. The minimum Gasteiger partial charge on any atom is -0.317 e. The Balaban J connectivity index is 2.73. The highest BCUT2D eigenvalue weighted by Crippen LogP contribution is 2.13. The summed E-state index contributed by atoms with van der Waals surface area (Å²) >= 11 is 0. The molecule has 0 aromatic heterocycles. The number of hydrogen-bond acceptors (Lipinski definition) is 1. The van der Waals surface area contributed by atoms with Crippen LogP contribution >= 0.6 is 0 Å². The van der Waals surface area contributed by atoms with Crippen molar-refractivity contribution >= 4 is 0 Å². The smallest absolute Gasteiger partial charge is 0.126 e. The lowest BCUT2D eigenvalue weighted by molar-refractivity contribution is 0.496. The van der Waals surface area contributed by atoms with E-state index in [1.54, 1.807) is 0 Å². The maximum Gasteiger partial charge on any atom is 0.126 e. The first-order valence-corrected chi connectivity index (χ1v) is 5.28. The first-order chi connectivity index (χ1) is 7.17. The summed E-state index contributed by atoms with van der Waals surface area (Å²) in [5, 5.41) is 3.11. The highest BCUT2D eigenvalue weighted by molar-refractivity contribution is 5.19. The highest BCUT2D eigenvalue weighted by Gasteiger charge is 2.10. The van der Waals surface area contributed by atoms with E-state index in [1.165, 1.54) is 12.1 Å². The third-order valence-corrected chi connectivity index (χ3v) is 2.52. The van der Waals surface area contributed by atoms with Crippen molar-refractivity contribution in [1.82, 2.24) is 5.32 Å². The van der Waals surface area contributed by atoms with E-state index in [2.05, 4.69) is 12.2 Å². The minimum absolute atomic E-state index is 0.214. The highest BCUT2D eigenvalue weighted by atomic mass is 19.1. The fourth-order valence-corrected chi connectivity index (χ4v) is 1.66. The van der Waals surface area contributed by atoms with Crippen molar-refractivity contribution < 1.29 is 8.78 Å². The molecule has 1 rings (SSSR count). The van der Waals surface area contributed by atoms with Crippen LogP contribution in [0.3, 0.4) is 0 Å². The monoisotopic (exact) mass is 213 g/mol. The van der Waals surface area contributed by atoms with Crippen LogP contribution in [0.2, 0.25) is 0 Å². The predicted octanol–water partition coefficient (Wildman–Crippen LogP) is 2.90. The molecule has 0 fully saturated rings. The number of benzene rings is 1. The Bertz CT molecular complexity index is 312. The van der Waals surface area contributed by atoms with Crippen molar-refractivity contribution in [2.24, 2.45) is 0 Å². The molecule has 1 N–H and O–H groups in total. The summed E-state index contributed by atoms with van der Waals surface area (Å²) in [6, 6.07) is 3.82. The van der Waals surface area contributed by atoms with Crippen LogP contribution in [0.4, 0.5) is 8.78 Å². The molecular formula is C12H17F2N. The average molecular weight is 213 g/mol. The van der Waals surface area contributed by atoms with Crippen LogP contribution in [0.1, 0.15) is 25.3 Å². The molecule has 3 heteroatoms. The van der Waals surface area contributed by atoms with Gasteiger partial charge in [0.1, 0.15) is 11.6 Å². The van der Waals surface area contributed by atoms with Gasteiger partial charge in [0.25, 0.3) is 0 Å². The molecule has 0 saturated heterocycles. The van der Waals surface area contributed by atoms with E-state index in [4.69, 9.17) is 0 Å². The number of rotatable bonds is 5. The summed E-state index contributed by atoms with van der Waals surface area (Å²) in [5.74, 6) is -0.703. The summed E-state index contributed by atoms with van der Waals surface area (Å²) < 4.78 is 26.2. The predicted molar refractivity (Wildman–Crippen MR) is 57.8 cm³/mol. The maximum absolute atomic E-state index is 13.3. The van der Waals surface area contributed by atoms with Gasteiger partial charge in [-0.25, -0.2) is 8.78 Å². The zero-order chi connectivity index (χ0) is 11.3. The molecule has 0 heterocycles. The fraction of sp³-hybridized carbons (Fsp3) is 0.500. The number of nitrogens with one attached hydrogen (secondary N) is 1. The van der Waals surface area contributed by atoms with Gasteiger partial charge in [-0.3, -0.25) is 0 Å². The first-order valence-electron chi connectivity index (χ1n) is 5.28. The summed E-state index contributed by atoms with van der Waals surface area (Å²) in [6.45, 7) is 2.08. The topological polar surface area (TPSA) is 12.0 Å². The Morgan fingerprint density at radius 1 is 1.33 bits per heavy atom. The van der Waals surface area contributed by atoms with Crippen LogP contribution in [0.15, 0.2) is 18.2 Å². The van der Waals surface area contributed by atoms with Gasteiger partial charge in [-0.15, -0.1) is 0 Å². The van der Waals surface area contributed by atoms with Gasteiger partial charge in [-0.1, -0.05) is 13.3 Å². The van der Waals surface area contributed by atoms with Crippen LogP contribution < -0.4 is 5.32 Å². The molecule has 15 heavy (non-hydrogen) atoms. The van der Waals surface area contributed by atoms with Crippen LogP contribution in [-0.4, -0.2) is 13.1 Å². The SMILES string of the molecule is CCCC(Cc1cc(F)ccc1F)NC. The van der Waals surface area contributed by atoms with Crippen LogP contribution in [-0.2, 0) is 6.42 Å². The van der Waals surface area contributed by atoms with Crippen LogP contribution in [0.5, 0.6) is 0 Å². The van der Waals surface area contributed by atoms with Crippen molar-refractivity contribution in [3.8, 4) is 0 Å². The molecule has 84 valence electrons. The Morgan fingerprint density at radius 2 is 2.07 bits per heavy atom. The summed E-state index contributed by atoms with van der Waals surface area (Å²) in [4.78, 5) is 0. The maximum atomic E-state index is 13.3. The van der Waals surface area contributed by atoms with Gasteiger partial charge < -0.3 is 5.32 Å². The van der Waals surface area contributed by atoms with Crippen LogP contribution in [0.25, 0.3) is 0 Å². The van der Waals surface area contributed by atoms with E-state index in [9.17, 15) is 8.78 Å². The lowest BCUT2D eigenvalue weighted by atomic mass is 10.0. The standard InChI is InChI=1S/C12H17F2N/c1-3-4-11(15-2)8-9-7-10(13)5-6-12(9)14/h5-7,11,15H,3-4,8H2,1-2H3. The molecule has 0 aliphatic heterocycles. The molecule has 1 aromatic rings. The lowest BCUT2D eigenvalue weighted by Crippen LogP contribution is -2.27. The third-order valence-electron chi connectivity index (χ3n) is 2.52. The fourth-order valence-electron chi connectivity index (χ4n) is 1.66. The van der Waals surface area contributed by atoms with E-state index in [0.717, 1.165) is 18.9 Å². The van der Waals surface area contributed by atoms with Gasteiger partial charge in [-0.05, 0) is 43.7 Å². The second-order valence-electron chi connectivity index (χ2n) is 3.71. The molecule has 1 atom stereocenters. The van der Waals surface area contributed by atoms with Gasteiger partial charge >= 0.3 is 0 Å². The molecule has 0 aliphatic rings. The van der Waals surface area contributed by atoms with Crippen molar-refractivity contribution in [1.29, 1.82) is 0 Å². The summed E-state index contributed by atoms with van der Waals surface area (Å²) in [6.07, 6.45) is 2.53. The molecule has 1 nitrogen and oxygen atoms in total. The van der Waals surface area contributed by atoms with E-state index in [-0.39, 0.29) is 17.7 Å². The molecule has 1 aromatic carbocycles. The Kier molecular flexibility index (Phi) is 4.69. The van der Waals surface area contributed by atoms with E-state index < -0.39 is 0 Å². The van der Waals surface area contributed by atoms with Gasteiger partial charge in [0, 0.05) is 6.04 Å². The normalized spacial score (nSPS) is 12.8. The van der Waals surface area contributed by atoms with Gasteiger partial charge in [0.15, 0.2) is 0 Å². The Labute approximate surface area is 89.5 Å². The molecule has 0 amide bonds. The molecule has 0 spiro atoms. The molecule has 0 saturated carbocycles. The second kappa shape index (κ2) is 5.81. The van der Waals surface area contributed by atoms with E-state index in [1.807, 2.05) is 7.05 Å². The van der Waals surface area contributed by atoms with Crippen molar-refractivity contribution in [2.75, 3.05) is 7.05 Å². The number of halogens is 2. The van der Waals surface area contributed by atoms with Crippen molar-refractivity contribution in [3.05, 3.63) is 35.4 Å². The zero-order valence-corrected chi connectivity index (χ0v) is 9.19. The summed E-state index contributed by atoms with van der Waals surface area (Å²) in [7, 11) is 1.84. The van der Waals surface area contributed by atoms with Crippen molar-refractivity contribution in [3.63, 3.8) is 0 Å². The molecule has 1 unspecified atom stereocenters. The molecule has 0 radical (unpaired) electrons. The Hall–Kier alpha value is -0.960. The second-order valence-corrected chi connectivity index (χ2v) is 3.71. The number of likely N-dealkylation sites (N-methyl/N-ethyl adjacent to an activating group) is 1. The van der Waals surface area contributed by atoms with Gasteiger partial charge in [0.2, 0.25) is 0 Å². The zero-order valence-electron chi connectivity index (χ0n) is 9.19. The Morgan fingerprint density at radius 3 is 2.67 bits per heavy atom. The molecule has 0 aliphatic carbocycles. The van der Waals surface area contributed by atoms with E-state index in [0.29, 0.717) is 12.0 Å². The molecule has 0 bridgehead atoms. The van der Waals surface area contributed by atoms with Crippen LogP contribution in [0, 0.1) is 11.6 Å². The first kappa shape index (κ1) is 12.1. The van der Waals surface area contributed by atoms with Crippen molar-refractivity contribution in [2.45, 2.75) is 32.2 Å². The van der Waals surface area contributed by atoms with Gasteiger partial charge in [-0.2, -0.15) is 0 Å². The lowest BCUT2D eigenvalue weighted by Gasteiger charge is -2.15. The largest absolute Gasteiger partial charge is 0.317 e. The average Bonchev–Trinajstić information content (AvgIpc) is 2.22. The summed E-state index contributed by atoms with van der Waals surface area (Å²) in [5.41, 5.74) is 0.447. The third kappa shape index (κ3) is 3.59. The quantitative estimate of drug-likeness (QED) is 0.793.